The van der Waals surface area contributed by atoms with Crippen LogP contribution in [-0.2, 0) is 0 Å². The molecule has 2 nitrogen and oxygen atoms in total. The van der Waals surface area contributed by atoms with E-state index in [9.17, 15) is 9.18 Å². The van der Waals surface area contributed by atoms with E-state index in [-0.39, 0.29) is 17.6 Å². The van der Waals surface area contributed by atoms with Crippen LogP contribution in [0.25, 0.3) is 0 Å². The van der Waals surface area contributed by atoms with Crippen molar-refractivity contribution in [3.05, 3.63) is 69.9 Å². The lowest BCUT2D eigenvalue weighted by Gasteiger charge is -2.13. The molecular weight excluding hydrogens is 321 g/mol. The summed E-state index contributed by atoms with van der Waals surface area (Å²) in [6, 6.07) is 14.0. The van der Waals surface area contributed by atoms with Gasteiger partial charge in [0.2, 0.25) is 0 Å². The van der Waals surface area contributed by atoms with E-state index in [0.29, 0.717) is 16.6 Å². The molecule has 0 unspecified atom stereocenters. The Morgan fingerprint density at radius 3 is 2.60 bits per heavy atom. The number of hydrogen-bond acceptors (Lipinski definition) is 1. The Balaban J connectivity index is 1.99. The predicted octanol–water partition coefficient (Wildman–Crippen LogP) is 4.12. The summed E-state index contributed by atoms with van der Waals surface area (Å²) in [4.78, 5) is 12.0. The minimum atomic E-state index is -0.369. The summed E-state index contributed by atoms with van der Waals surface area (Å²) in [5.41, 5.74) is 1.61. The van der Waals surface area contributed by atoms with Crippen LogP contribution in [0.1, 0.15) is 28.8 Å². The molecule has 2 aromatic rings. The van der Waals surface area contributed by atoms with Crippen LogP contribution in [0.4, 0.5) is 4.39 Å². The highest BCUT2D eigenvalue weighted by Crippen LogP contribution is 2.18. The SMILES string of the molecule is C[C@H](CNC(=O)c1ccc(F)cc1Br)c1ccccc1. The molecule has 1 N–H and O–H groups in total. The van der Waals surface area contributed by atoms with Crippen molar-refractivity contribution in [1.29, 1.82) is 0 Å². The highest BCUT2D eigenvalue weighted by molar-refractivity contribution is 9.10. The molecule has 20 heavy (non-hydrogen) atoms. The smallest absolute Gasteiger partial charge is 0.252 e. The topological polar surface area (TPSA) is 29.1 Å². The molecule has 0 aliphatic rings. The molecule has 4 heteroatoms. The third-order valence-electron chi connectivity index (χ3n) is 3.11. The average Bonchev–Trinajstić information content (AvgIpc) is 2.45. The fourth-order valence-electron chi connectivity index (χ4n) is 1.91. The van der Waals surface area contributed by atoms with E-state index < -0.39 is 0 Å². The van der Waals surface area contributed by atoms with E-state index in [0.717, 1.165) is 0 Å². The number of benzene rings is 2. The number of carbonyl (C=O) groups excluding carboxylic acids is 1. The number of hydrogen-bond donors (Lipinski definition) is 1. The first-order valence-corrected chi connectivity index (χ1v) is 7.15. The van der Waals surface area contributed by atoms with Gasteiger partial charge in [0.1, 0.15) is 5.82 Å². The number of nitrogens with one attached hydrogen (secondary N) is 1. The molecule has 0 spiro atoms. The fourth-order valence-corrected chi connectivity index (χ4v) is 2.44. The van der Waals surface area contributed by atoms with Gasteiger partial charge in [0.15, 0.2) is 0 Å². The third-order valence-corrected chi connectivity index (χ3v) is 3.77. The van der Waals surface area contributed by atoms with Crippen molar-refractivity contribution in [1.82, 2.24) is 5.32 Å². The largest absolute Gasteiger partial charge is 0.351 e. The summed E-state index contributed by atoms with van der Waals surface area (Å²) in [6.45, 7) is 2.59. The Bertz CT molecular complexity index is 601. The van der Waals surface area contributed by atoms with Crippen LogP contribution in [0.2, 0.25) is 0 Å². The van der Waals surface area contributed by atoms with E-state index in [1.807, 2.05) is 30.3 Å². The third kappa shape index (κ3) is 3.67. The van der Waals surface area contributed by atoms with Gasteiger partial charge in [0.25, 0.3) is 5.91 Å². The van der Waals surface area contributed by atoms with Crippen LogP contribution in [0.15, 0.2) is 53.0 Å². The summed E-state index contributed by atoms with van der Waals surface area (Å²) in [5, 5.41) is 2.87. The second kappa shape index (κ2) is 6.66. The first-order chi connectivity index (χ1) is 9.58. The minimum Gasteiger partial charge on any atom is -0.351 e. The summed E-state index contributed by atoms with van der Waals surface area (Å²) in [7, 11) is 0. The monoisotopic (exact) mass is 335 g/mol. The van der Waals surface area contributed by atoms with Crippen LogP contribution in [0.3, 0.4) is 0 Å². The molecule has 0 fully saturated rings. The summed E-state index contributed by atoms with van der Waals surface area (Å²) in [6.07, 6.45) is 0. The molecular formula is C16H15BrFNO. The molecule has 1 atom stereocenters. The van der Waals surface area contributed by atoms with Crippen molar-refractivity contribution in [3.8, 4) is 0 Å². The van der Waals surface area contributed by atoms with Crippen LogP contribution in [-0.4, -0.2) is 12.5 Å². The molecule has 0 aliphatic carbocycles. The lowest BCUT2D eigenvalue weighted by atomic mass is 10.0. The average molecular weight is 336 g/mol. The number of rotatable bonds is 4. The zero-order chi connectivity index (χ0) is 14.5. The molecule has 1 amide bonds. The number of halogens is 2. The molecule has 0 heterocycles. The quantitative estimate of drug-likeness (QED) is 0.894. The maximum absolute atomic E-state index is 13.0. The van der Waals surface area contributed by atoms with Crippen molar-refractivity contribution >= 4 is 21.8 Å². The lowest BCUT2D eigenvalue weighted by molar-refractivity contribution is 0.0951. The first-order valence-electron chi connectivity index (χ1n) is 6.36. The maximum atomic E-state index is 13.0. The zero-order valence-electron chi connectivity index (χ0n) is 11.1. The van der Waals surface area contributed by atoms with Gasteiger partial charge in [-0.05, 0) is 45.6 Å². The van der Waals surface area contributed by atoms with E-state index in [4.69, 9.17) is 0 Å². The molecule has 104 valence electrons. The first kappa shape index (κ1) is 14.7. The molecule has 0 saturated heterocycles. The Labute approximate surface area is 126 Å². The second-order valence-electron chi connectivity index (χ2n) is 4.65. The highest BCUT2D eigenvalue weighted by Gasteiger charge is 2.12. The fraction of sp³-hybridized carbons (Fsp3) is 0.188. The van der Waals surface area contributed by atoms with Gasteiger partial charge in [0, 0.05) is 11.0 Å². The van der Waals surface area contributed by atoms with E-state index in [1.54, 1.807) is 0 Å². The maximum Gasteiger partial charge on any atom is 0.252 e. The minimum absolute atomic E-state index is 0.209. The zero-order valence-corrected chi connectivity index (χ0v) is 12.7. The molecule has 0 bridgehead atoms. The van der Waals surface area contributed by atoms with Crippen LogP contribution in [0.5, 0.6) is 0 Å². The number of carbonyl (C=O) groups is 1. The highest BCUT2D eigenvalue weighted by atomic mass is 79.9. The summed E-state index contributed by atoms with van der Waals surface area (Å²) in [5.74, 6) is -0.356. The number of amides is 1. The second-order valence-corrected chi connectivity index (χ2v) is 5.50. The van der Waals surface area contributed by atoms with Crippen LogP contribution >= 0.6 is 15.9 Å². The normalized spacial score (nSPS) is 11.9. The lowest BCUT2D eigenvalue weighted by Crippen LogP contribution is -2.27. The molecule has 0 saturated carbocycles. The molecule has 2 aromatic carbocycles. The molecule has 0 aromatic heterocycles. The summed E-state index contributed by atoms with van der Waals surface area (Å²) >= 11 is 3.20. The molecule has 0 radical (unpaired) electrons. The van der Waals surface area contributed by atoms with Crippen molar-refractivity contribution < 1.29 is 9.18 Å². The Morgan fingerprint density at radius 1 is 1.25 bits per heavy atom. The Hall–Kier alpha value is -1.68. The van der Waals surface area contributed by atoms with E-state index in [1.165, 1.54) is 23.8 Å². The Morgan fingerprint density at radius 2 is 1.95 bits per heavy atom. The van der Waals surface area contributed by atoms with Gasteiger partial charge in [-0.15, -0.1) is 0 Å². The predicted molar refractivity (Wildman–Crippen MR) is 81.3 cm³/mol. The molecule has 2 rings (SSSR count). The van der Waals surface area contributed by atoms with Gasteiger partial charge in [-0.2, -0.15) is 0 Å². The van der Waals surface area contributed by atoms with Crippen molar-refractivity contribution in [3.63, 3.8) is 0 Å². The van der Waals surface area contributed by atoms with Crippen molar-refractivity contribution in [2.75, 3.05) is 6.54 Å². The van der Waals surface area contributed by atoms with E-state index in [2.05, 4.69) is 28.2 Å². The standard InChI is InChI=1S/C16H15BrFNO/c1-11(12-5-3-2-4-6-12)10-19-16(20)14-8-7-13(18)9-15(14)17/h2-9,11H,10H2,1H3,(H,19,20)/t11-/m1/s1. The summed E-state index contributed by atoms with van der Waals surface area (Å²) < 4.78 is 13.4. The van der Waals surface area contributed by atoms with Gasteiger partial charge >= 0.3 is 0 Å². The van der Waals surface area contributed by atoms with Gasteiger partial charge in [-0.1, -0.05) is 37.3 Å². The molecule has 0 aliphatic heterocycles. The van der Waals surface area contributed by atoms with Gasteiger partial charge < -0.3 is 5.32 Å². The van der Waals surface area contributed by atoms with Crippen molar-refractivity contribution in [2.24, 2.45) is 0 Å². The van der Waals surface area contributed by atoms with Crippen LogP contribution < -0.4 is 5.32 Å². The van der Waals surface area contributed by atoms with Gasteiger partial charge in [-0.3, -0.25) is 4.79 Å². The van der Waals surface area contributed by atoms with Gasteiger partial charge in [-0.25, -0.2) is 4.39 Å². The van der Waals surface area contributed by atoms with Crippen LogP contribution in [0, 0.1) is 5.82 Å². The Kier molecular flexibility index (Phi) is 4.90. The van der Waals surface area contributed by atoms with E-state index >= 15 is 0 Å². The van der Waals surface area contributed by atoms with Crippen molar-refractivity contribution in [2.45, 2.75) is 12.8 Å². The van der Waals surface area contributed by atoms with Gasteiger partial charge in [0.05, 0.1) is 5.56 Å².